The zero-order valence-corrected chi connectivity index (χ0v) is 24.4. The Labute approximate surface area is 326 Å². The van der Waals surface area contributed by atoms with Crippen molar-refractivity contribution in [3.05, 3.63) is 181 Å². The van der Waals surface area contributed by atoms with Gasteiger partial charge in [0.15, 0.2) is 0 Å². The van der Waals surface area contributed by atoms with E-state index in [1.807, 2.05) is 0 Å². The zero-order valence-electron chi connectivity index (χ0n) is 54.4. The molecule has 10 rings (SSSR count). The van der Waals surface area contributed by atoms with Crippen LogP contribution in [-0.4, -0.2) is 0 Å². The Hall–Kier alpha value is -6.44. The van der Waals surface area contributed by atoms with Gasteiger partial charge < -0.3 is 4.42 Å². The van der Waals surface area contributed by atoms with E-state index in [2.05, 4.69) is 0 Å². The van der Waals surface area contributed by atoms with Gasteiger partial charge in [-0.05, 0) is 113 Å². The van der Waals surface area contributed by atoms with Crippen molar-refractivity contribution in [2.75, 3.05) is 0 Å². The van der Waals surface area contributed by atoms with Crippen LogP contribution >= 0.6 is 0 Å². The van der Waals surface area contributed by atoms with Crippen LogP contribution < -0.4 is 0 Å². The van der Waals surface area contributed by atoms with Crippen molar-refractivity contribution in [2.45, 2.75) is 0 Å². The Bertz CT molecular complexity index is 4540. The van der Waals surface area contributed by atoms with Crippen molar-refractivity contribution in [3.8, 4) is 44.5 Å². The van der Waals surface area contributed by atoms with Crippen LogP contribution in [-0.2, 0) is 0 Å². The summed E-state index contributed by atoms with van der Waals surface area (Å²) >= 11 is 0. The molecule has 0 atom stereocenters. The molecule has 10 aromatic rings. The minimum atomic E-state index is -1.17. The van der Waals surface area contributed by atoms with Crippen molar-refractivity contribution in [3.63, 3.8) is 0 Å². The van der Waals surface area contributed by atoms with Gasteiger partial charge in [-0.25, -0.2) is 0 Å². The molecule has 1 aromatic heterocycles. The lowest BCUT2D eigenvalue weighted by molar-refractivity contribution is 0.669. The van der Waals surface area contributed by atoms with E-state index in [-0.39, 0.29) is 5.39 Å². The fraction of sp³-hybridized carbons (Fsp3) is 0. The molecule has 0 N–H and O–H groups in total. The molecule has 1 heterocycles. The second-order valence-corrected chi connectivity index (χ2v) is 10.5. The summed E-state index contributed by atoms with van der Waals surface area (Å²) in [6.45, 7) is 0. The topological polar surface area (TPSA) is 13.1 Å². The van der Waals surface area contributed by atoms with E-state index in [0.29, 0.717) is 0 Å². The number of hydrogen-bond acceptors (Lipinski definition) is 1. The van der Waals surface area contributed by atoms with E-state index in [9.17, 15) is 16.4 Å². The van der Waals surface area contributed by atoms with Gasteiger partial charge in [-0.15, -0.1) is 0 Å². The molecule has 0 aliphatic rings. The Kier molecular flexibility index (Phi) is 2.50. The SMILES string of the molecule is [2H]c1c([2H])c([2H])c(-c2c([2H])c([2H])c([2H])c(-c3c([2H])c([2H])c4c(-c5c([2H])c([2H])c([2H])c([2H])c5[2H])c5c([2H])c([2H])c([2H])c([2H])c5c(-c5c([2H])c([2H])c6c([2H])c7c(oc8c([2H])c([2H])c([2H])c([2H])c87)c([2H])c6c5[2H])c4c3[2H])c2[2H])c([2H])c1[2H]. The number of benzene rings is 9. The lowest BCUT2D eigenvalue weighted by atomic mass is 9.84. The predicted molar refractivity (Wildman–Crippen MR) is 208 cm³/mol. The number of hydrogen-bond donors (Lipinski definition) is 0. The predicted octanol–water partition coefficient (Wildman–Crippen LogP) is 13.7. The van der Waals surface area contributed by atoms with Gasteiger partial charge in [-0.1, -0.05) is 145 Å². The second kappa shape index (κ2) is 11.1. The molecular weight excluding hydrogens is 593 g/mol. The number of furan rings is 1. The van der Waals surface area contributed by atoms with Gasteiger partial charge >= 0.3 is 0 Å². The maximum absolute atomic E-state index is 10.2. The molecule has 1 heteroatoms. The fourth-order valence-corrected chi connectivity index (χ4v) is 5.67. The monoisotopic (exact) mass is 652 g/mol. The molecule has 228 valence electrons. The number of rotatable bonds is 4. The average molecular weight is 653 g/mol. The maximum Gasteiger partial charge on any atom is 0.136 e. The summed E-state index contributed by atoms with van der Waals surface area (Å²) in [4.78, 5) is 0. The van der Waals surface area contributed by atoms with Crippen LogP contribution in [0.5, 0.6) is 0 Å². The quantitative estimate of drug-likeness (QED) is 0.172. The van der Waals surface area contributed by atoms with Crippen LogP contribution in [0.3, 0.4) is 0 Å². The summed E-state index contributed by atoms with van der Waals surface area (Å²) in [5, 5.41) is -5.52. The van der Waals surface area contributed by atoms with Gasteiger partial charge in [-0.3, -0.25) is 0 Å². The third-order valence-corrected chi connectivity index (χ3v) is 7.76. The summed E-state index contributed by atoms with van der Waals surface area (Å²) in [6, 6.07) is -29.5. The van der Waals surface area contributed by atoms with Crippen LogP contribution in [0.2, 0.25) is 0 Å². The molecule has 0 bridgehead atoms. The minimum Gasteiger partial charge on any atom is -0.456 e. The summed E-state index contributed by atoms with van der Waals surface area (Å²) in [7, 11) is 0. The first-order valence-corrected chi connectivity index (χ1v) is 14.4. The molecular formula is C48H30O. The molecule has 0 saturated heterocycles. The largest absolute Gasteiger partial charge is 0.456 e. The van der Waals surface area contributed by atoms with Gasteiger partial charge in [0.1, 0.15) is 11.2 Å². The van der Waals surface area contributed by atoms with Crippen LogP contribution in [0.15, 0.2) is 186 Å². The highest BCUT2D eigenvalue weighted by molar-refractivity contribution is 6.22. The number of fused-ring (bicyclic) bond motifs is 6. The van der Waals surface area contributed by atoms with Crippen molar-refractivity contribution >= 4 is 54.3 Å². The fourth-order valence-electron chi connectivity index (χ4n) is 5.67. The summed E-state index contributed by atoms with van der Waals surface area (Å²) < 4.78 is 277. The van der Waals surface area contributed by atoms with Crippen molar-refractivity contribution in [1.82, 2.24) is 0 Å². The van der Waals surface area contributed by atoms with Crippen LogP contribution in [0.4, 0.5) is 0 Å². The van der Waals surface area contributed by atoms with E-state index in [4.69, 9.17) is 29.1 Å². The molecule has 0 radical (unpaired) electrons. The van der Waals surface area contributed by atoms with Gasteiger partial charge in [0.2, 0.25) is 0 Å². The highest BCUT2D eigenvalue weighted by atomic mass is 16.3. The third kappa shape index (κ3) is 4.55. The lowest BCUT2D eigenvalue weighted by Crippen LogP contribution is -1.92. The molecule has 0 spiro atoms. The van der Waals surface area contributed by atoms with Crippen molar-refractivity contribution in [1.29, 1.82) is 0 Å². The second-order valence-electron chi connectivity index (χ2n) is 10.5. The molecule has 0 aliphatic heterocycles. The van der Waals surface area contributed by atoms with Gasteiger partial charge in [0, 0.05) is 10.8 Å². The third-order valence-electron chi connectivity index (χ3n) is 7.76. The molecule has 0 unspecified atom stereocenters. The van der Waals surface area contributed by atoms with Gasteiger partial charge in [0.25, 0.3) is 0 Å². The molecule has 0 aliphatic carbocycles. The Balaban J connectivity index is 1.53. The first-order valence-electron chi connectivity index (χ1n) is 29.4. The highest BCUT2D eigenvalue weighted by Crippen LogP contribution is 2.45. The van der Waals surface area contributed by atoms with E-state index >= 15 is 0 Å². The van der Waals surface area contributed by atoms with E-state index in [0.717, 1.165) is 0 Å². The Morgan fingerprint density at radius 1 is 0.286 bits per heavy atom. The summed E-state index contributed by atoms with van der Waals surface area (Å²) in [6.07, 6.45) is 0. The van der Waals surface area contributed by atoms with Crippen molar-refractivity contribution in [2.24, 2.45) is 0 Å². The van der Waals surface area contributed by atoms with Crippen LogP contribution in [0.1, 0.15) is 41.1 Å². The molecule has 9 aromatic carbocycles. The zero-order chi connectivity index (χ0) is 58.4. The molecule has 49 heavy (non-hydrogen) atoms. The first-order chi connectivity index (χ1) is 36.8. The van der Waals surface area contributed by atoms with E-state index < -0.39 is 275 Å². The van der Waals surface area contributed by atoms with Crippen molar-refractivity contribution < 1.29 is 45.5 Å². The summed E-state index contributed by atoms with van der Waals surface area (Å²) in [5.74, 6) is 0. The Morgan fingerprint density at radius 2 is 0.857 bits per heavy atom. The minimum absolute atomic E-state index is 0.383. The van der Waals surface area contributed by atoms with Gasteiger partial charge in [0.05, 0.1) is 41.1 Å². The highest BCUT2D eigenvalue weighted by Gasteiger charge is 2.18. The summed E-state index contributed by atoms with van der Waals surface area (Å²) in [5.41, 5.74) is -8.22. The van der Waals surface area contributed by atoms with Crippen LogP contribution in [0, 0.1) is 0 Å². The smallest absolute Gasteiger partial charge is 0.136 e. The number of para-hydroxylation sites is 1. The molecule has 0 saturated carbocycles. The van der Waals surface area contributed by atoms with E-state index in [1.165, 1.54) is 0 Å². The Morgan fingerprint density at radius 3 is 1.63 bits per heavy atom. The van der Waals surface area contributed by atoms with Gasteiger partial charge in [-0.2, -0.15) is 0 Å². The average Bonchev–Trinajstić information content (AvgIpc) is 4.06. The van der Waals surface area contributed by atoms with E-state index in [1.54, 1.807) is 0 Å². The maximum atomic E-state index is 10.2. The lowest BCUT2D eigenvalue weighted by Gasteiger charge is -2.19. The molecule has 0 amide bonds. The normalized spacial score (nSPS) is 20.2. The molecule has 1 nitrogen and oxygen atoms in total. The van der Waals surface area contributed by atoms with Crippen LogP contribution in [0.25, 0.3) is 98.8 Å². The molecule has 0 fully saturated rings. The standard InChI is InChI=1S/C48H30O/c1-3-12-31(13-4-1)33-16-11-17-34(26-33)35-24-25-42-44(29-35)48(41-20-8-7-19-40(41)47(42)32-14-5-2-6-15-32)37-23-22-36-28-43-39-18-9-10-21-45(39)49-46(43)30-38(36)27-37/h1-30H/i1D,2D,3D,4D,5D,6D,7D,8D,9D,10D,11D,12D,13D,14D,15D,16D,17D,18D,19D,20D,21D,22D,23D,24D,25D,26D,27D,28D,29D,30D. The first kappa shape index (κ1) is 11.1.